The van der Waals surface area contributed by atoms with Gasteiger partial charge in [-0.3, -0.25) is 0 Å². The molecule has 0 radical (unpaired) electrons. The number of fused-ring (bicyclic) bond motifs is 1. The summed E-state index contributed by atoms with van der Waals surface area (Å²) >= 11 is 11.6. The van der Waals surface area contributed by atoms with Crippen LogP contribution in [0.5, 0.6) is 0 Å². The van der Waals surface area contributed by atoms with Gasteiger partial charge in [0, 0.05) is 14.2 Å². The maximum atomic E-state index is 6.20. The van der Waals surface area contributed by atoms with Gasteiger partial charge in [0.1, 0.15) is 0 Å². The molecule has 0 fully saturated rings. The third kappa shape index (κ3) is 3.02. The van der Waals surface area contributed by atoms with Crippen molar-refractivity contribution >= 4 is 49.0 Å². The van der Waals surface area contributed by atoms with Gasteiger partial charge in [0.15, 0.2) is 0 Å². The van der Waals surface area contributed by atoms with E-state index in [1.165, 1.54) is 21.2 Å². The van der Waals surface area contributed by atoms with E-state index in [-0.39, 0.29) is 6.04 Å². The van der Waals surface area contributed by atoms with Crippen molar-refractivity contribution in [3.63, 3.8) is 0 Å². The molecule has 1 nitrogen and oxygen atoms in total. The molecule has 4 heteroatoms. The molecule has 1 unspecified atom stereocenters. The van der Waals surface area contributed by atoms with E-state index in [0.29, 0.717) is 0 Å². The van der Waals surface area contributed by atoms with E-state index >= 15 is 0 Å². The lowest BCUT2D eigenvalue weighted by Crippen LogP contribution is -2.22. The number of benzene rings is 2. The van der Waals surface area contributed by atoms with E-state index in [9.17, 15) is 0 Å². The molecule has 0 aliphatic rings. The van der Waals surface area contributed by atoms with Crippen LogP contribution in [0.15, 0.2) is 52.3 Å². The topological polar surface area (TPSA) is 12.0 Å². The fraction of sp³-hybridized carbons (Fsp3) is 0.176. The van der Waals surface area contributed by atoms with Crippen molar-refractivity contribution in [2.24, 2.45) is 0 Å². The van der Waals surface area contributed by atoms with Crippen LogP contribution in [-0.4, -0.2) is 6.54 Å². The maximum absolute atomic E-state index is 6.20. The smallest absolute Gasteiger partial charge is 0.0602 e. The van der Waals surface area contributed by atoms with Crippen LogP contribution in [0.3, 0.4) is 0 Å². The highest BCUT2D eigenvalue weighted by Crippen LogP contribution is 2.36. The van der Waals surface area contributed by atoms with Crippen LogP contribution in [0.4, 0.5) is 0 Å². The third-order valence-electron chi connectivity index (χ3n) is 3.50. The Morgan fingerprint density at radius 2 is 2.05 bits per heavy atom. The molecule has 2 aromatic carbocycles. The van der Waals surface area contributed by atoms with Gasteiger partial charge in [-0.2, -0.15) is 0 Å². The summed E-state index contributed by atoms with van der Waals surface area (Å²) in [4.78, 5) is 0. The van der Waals surface area contributed by atoms with Crippen LogP contribution in [0.25, 0.3) is 10.1 Å². The van der Waals surface area contributed by atoms with Crippen LogP contribution in [-0.2, 0) is 0 Å². The highest BCUT2D eigenvalue weighted by atomic mass is 79.9. The summed E-state index contributed by atoms with van der Waals surface area (Å²) in [5.41, 5.74) is 2.47. The van der Waals surface area contributed by atoms with Crippen molar-refractivity contribution < 1.29 is 0 Å². The molecule has 21 heavy (non-hydrogen) atoms. The molecule has 1 atom stereocenters. The minimum atomic E-state index is 0.130. The van der Waals surface area contributed by atoms with Crippen molar-refractivity contribution in [1.82, 2.24) is 5.32 Å². The lowest BCUT2D eigenvalue weighted by molar-refractivity contribution is 0.633. The van der Waals surface area contributed by atoms with Crippen molar-refractivity contribution in [3.8, 4) is 0 Å². The fourth-order valence-corrected chi connectivity index (χ4v) is 4.17. The van der Waals surface area contributed by atoms with Gasteiger partial charge in [0.25, 0.3) is 0 Å². The first-order chi connectivity index (χ1) is 10.2. The Kier molecular flexibility index (Phi) is 4.65. The molecule has 0 bridgehead atoms. The molecule has 0 saturated heterocycles. The quantitative estimate of drug-likeness (QED) is 0.584. The summed E-state index contributed by atoms with van der Waals surface area (Å²) in [6.07, 6.45) is 0. The number of hydrogen-bond donors (Lipinski definition) is 1. The van der Waals surface area contributed by atoms with Gasteiger partial charge in [-0.25, -0.2) is 0 Å². The molecule has 1 heterocycles. The van der Waals surface area contributed by atoms with Crippen molar-refractivity contribution in [3.05, 3.63) is 68.5 Å². The third-order valence-corrected chi connectivity index (χ3v) is 5.43. The van der Waals surface area contributed by atoms with E-state index in [2.05, 4.69) is 57.8 Å². The Morgan fingerprint density at radius 3 is 2.86 bits per heavy atom. The van der Waals surface area contributed by atoms with Crippen LogP contribution < -0.4 is 5.32 Å². The second-order valence-corrected chi connectivity index (χ2v) is 7.05. The number of halogens is 2. The van der Waals surface area contributed by atoms with E-state index in [0.717, 1.165) is 16.0 Å². The average molecular weight is 381 g/mol. The molecule has 1 N–H and O–H groups in total. The van der Waals surface area contributed by atoms with E-state index in [1.807, 2.05) is 18.2 Å². The first-order valence-electron chi connectivity index (χ1n) is 6.85. The molecule has 0 spiro atoms. The van der Waals surface area contributed by atoms with Crippen LogP contribution in [0.1, 0.15) is 24.1 Å². The molecular formula is C17H15BrClNS. The second-order valence-electron chi connectivity index (χ2n) is 4.84. The Bertz CT molecular complexity index is 768. The number of nitrogens with one attached hydrogen (secondary N) is 1. The minimum absolute atomic E-state index is 0.130. The zero-order chi connectivity index (χ0) is 14.8. The summed E-state index contributed by atoms with van der Waals surface area (Å²) in [7, 11) is 0. The Morgan fingerprint density at radius 1 is 1.19 bits per heavy atom. The van der Waals surface area contributed by atoms with Gasteiger partial charge in [0.2, 0.25) is 0 Å². The molecule has 3 aromatic rings. The summed E-state index contributed by atoms with van der Waals surface area (Å²) in [5, 5.41) is 7.78. The van der Waals surface area contributed by atoms with Crippen molar-refractivity contribution in [2.75, 3.05) is 6.54 Å². The maximum Gasteiger partial charge on any atom is 0.0602 e. The zero-order valence-electron chi connectivity index (χ0n) is 11.6. The van der Waals surface area contributed by atoms with E-state index in [1.54, 1.807) is 11.3 Å². The van der Waals surface area contributed by atoms with Gasteiger partial charge in [-0.15, -0.1) is 11.3 Å². The summed E-state index contributed by atoms with van der Waals surface area (Å²) in [6, 6.07) is 14.7. The monoisotopic (exact) mass is 379 g/mol. The van der Waals surface area contributed by atoms with Crippen LogP contribution >= 0.6 is 38.9 Å². The molecule has 0 saturated carbocycles. The first kappa shape index (κ1) is 15.0. The number of rotatable bonds is 4. The SMILES string of the molecule is CCNC(c1cc(Cl)ccc1Br)c1cccc2ccsc12. The Labute approximate surface area is 142 Å². The predicted octanol–water partition coefficient (Wildman–Crippen LogP) is 6.02. The summed E-state index contributed by atoms with van der Waals surface area (Å²) in [5.74, 6) is 0. The molecule has 1 aromatic heterocycles. The molecular weight excluding hydrogens is 366 g/mol. The summed E-state index contributed by atoms with van der Waals surface area (Å²) < 4.78 is 2.40. The van der Waals surface area contributed by atoms with E-state index in [4.69, 9.17) is 11.6 Å². The Hall–Kier alpha value is -0.870. The van der Waals surface area contributed by atoms with Crippen molar-refractivity contribution in [2.45, 2.75) is 13.0 Å². The minimum Gasteiger partial charge on any atom is -0.306 e. The average Bonchev–Trinajstić information content (AvgIpc) is 2.96. The molecule has 0 amide bonds. The highest BCUT2D eigenvalue weighted by Gasteiger charge is 2.19. The van der Waals surface area contributed by atoms with Gasteiger partial charge in [-0.05, 0) is 52.7 Å². The van der Waals surface area contributed by atoms with Crippen LogP contribution in [0, 0.1) is 0 Å². The van der Waals surface area contributed by atoms with Crippen molar-refractivity contribution in [1.29, 1.82) is 0 Å². The predicted molar refractivity (Wildman–Crippen MR) is 96.5 cm³/mol. The molecule has 108 valence electrons. The Balaban J connectivity index is 2.18. The lowest BCUT2D eigenvalue weighted by Gasteiger charge is -2.21. The van der Waals surface area contributed by atoms with Crippen LogP contribution in [0.2, 0.25) is 5.02 Å². The standard InChI is InChI=1S/C17H15BrClNS/c1-2-20-16(14-10-12(19)6-7-15(14)18)13-5-3-4-11-8-9-21-17(11)13/h3-10,16,20H,2H2,1H3. The van der Waals surface area contributed by atoms with Gasteiger partial charge in [0.05, 0.1) is 6.04 Å². The summed E-state index contributed by atoms with van der Waals surface area (Å²) in [6.45, 7) is 3.02. The van der Waals surface area contributed by atoms with Gasteiger partial charge < -0.3 is 5.32 Å². The molecule has 0 aliphatic heterocycles. The number of hydrogen-bond acceptors (Lipinski definition) is 2. The largest absolute Gasteiger partial charge is 0.306 e. The second kappa shape index (κ2) is 6.49. The van der Waals surface area contributed by atoms with Gasteiger partial charge >= 0.3 is 0 Å². The first-order valence-corrected chi connectivity index (χ1v) is 8.90. The van der Waals surface area contributed by atoms with Gasteiger partial charge in [-0.1, -0.05) is 52.7 Å². The number of thiophene rings is 1. The van der Waals surface area contributed by atoms with E-state index < -0.39 is 0 Å². The highest BCUT2D eigenvalue weighted by molar-refractivity contribution is 9.10. The lowest BCUT2D eigenvalue weighted by atomic mass is 9.97. The molecule has 0 aliphatic carbocycles. The normalized spacial score (nSPS) is 12.7. The fourth-order valence-electron chi connectivity index (χ4n) is 2.57. The zero-order valence-corrected chi connectivity index (χ0v) is 14.7. The molecule has 3 rings (SSSR count).